The molecule has 0 atom stereocenters. The van der Waals surface area contributed by atoms with Gasteiger partial charge in [0.2, 0.25) is 0 Å². The summed E-state index contributed by atoms with van der Waals surface area (Å²) in [5.41, 5.74) is 1.37. The Morgan fingerprint density at radius 1 is 0.833 bits per heavy atom. The van der Waals surface area contributed by atoms with Gasteiger partial charge in [-0.05, 0) is 25.7 Å². The minimum Gasteiger partial charge on any atom is -0.349 e. The Morgan fingerprint density at radius 2 is 1.47 bits per heavy atom. The van der Waals surface area contributed by atoms with Crippen LogP contribution in [0.25, 0.3) is 11.4 Å². The summed E-state index contributed by atoms with van der Waals surface area (Å²) in [6, 6.07) is 10.1. The van der Waals surface area contributed by atoms with E-state index in [1.54, 1.807) is 12.4 Å². The van der Waals surface area contributed by atoms with Crippen molar-refractivity contribution in [1.29, 1.82) is 0 Å². The first kappa shape index (κ1) is 20.3. The molecule has 30 heavy (non-hydrogen) atoms. The first-order chi connectivity index (χ1) is 14.7. The maximum absolute atomic E-state index is 12.6. The van der Waals surface area contributed by atoms with Crippen molar-refractivity contribution in [2.24, 2.45) is 0 Å². The quantitative estimate of drug-likeness (QED) is 0.813. The first-order valence-corrected chi connectivity index (χ1v) is 10.9. The Labute approximate surface area is 177 Å². The number of hydrogen-bond donors (Lipinski definition) is 2. The van der Waals surface area contributed by atoms with Crippen LogP contribution in [0.4, 0.5) is 4.79 Å². The Balaban J connectivity index is 1.24. The molecule has 158 valence electrons. The minimum atomic E-state index is -0.167. The second kappa shape index (κ2) is 9.69. The molecule has 0 unspecified atom stereocenters. The zero-order valence-corrected chi connectivity index (χ0v) is 17.2. The molecule has 2 N–H and O–H groups in total. The smallest absolute Gasteiger partial charge is 0.317 e. The summed E-state index contributed by atoms with van der Waals surface area (Å²) in [7, 11) is 0. The molecule has 1 saturated heterocycles. The van der Waals surface area contributed by atoms with Gasteiger partial charge >= 0.3 is 6.03 Å². The number of urea groups is 1. The number of hydrogen-bond acceptors (Lipinski definition) is 4. The van der Waals surface area contributed by atoms with Gasteiger partial charge in [-0.1, -0.05) is 49.6 Å². The molecule has 2 fully saturated rings. The number of nitrogens with one attached hydrogen (secondary N) is 2. The minimum absolute atomic E-state index is 0.0385. The number of likely N-dealkylation sites (tertiary alicyclic amines) is 1. The maximum Gasteiger partial charge on any atom is 0.317 e. The van der Waals surface area contributed by atoms with Crippen LogP contribution < -0.4 is 10.6 Å². The number of rotatable bonds is 4. The lowest BCUT2D eigenvalue weighted by atomic mass is 9.95. The number of amides is 3. The van der Waals surface area contributed by atoms with Crippen molar-refractivity contribution >= 4 is 11.9 Å². The Morgan fingerprint density at radius 3 is 2.13 bits per heavy atom. The molecule has 0 spiro atoms. The average molecular weight is 408 g/mol. The summed E-state index contributed by atoms with van der Waals surface area (Å²) >= 11 is 0. The van der Waals surface area contributed by atoms with Gasteiger partial charge in [0.1, 0.15) is 0 Å². The third-order valence-electron chi connectivity index (χ3n) is 6.00. The zero-order chi connectivity index (χ0) is 20.8. The highest BCUT2D eigenvalue weighted by atomic mass is 16.2. The normalized spacial score (nSPS) is 18.1. The van der Waals surface area contributed by atoms with Gasteiger partial charge in [0.05, 0.1) is 5.56 Å². The molecule has 1 aliphatic carbocycles. The first-order valence-electron chi connectivity index (χ1n) is 10.9. The monoisotopic (exact) mass is 407 g/mol. The summed E-state index contributed by atoms with van der Waals surface area (Å²) < 4.78 is 0. The number of nitrogens with zero attached hydrogens (tertiary/aromatic N) is 3. The van der Waals surface area contributed by atoms with Crippen LogP contribution >= 0.6 is 0 Å². The lowest BCUT2D eigenvalue weighted by Crippen LogP contribution is -2.51. The predicted molar refractivity (Wildman–Crippen MR) is 115 cm³/mol. The number of carbonyl (C=O) groups excluding carboxylic acids is 2. The Kier molecular flexibility index (Phi) is 6.57. The Bertz CT molecular complexity index is 842. The van der Waals surface area contributed by atoms with Crippen LogP contribution in [0.3, 0.4) is 0 Å². The van der Waals surface area contributed by atoms with Gasteiger partial charge in [-0.2, -0.15) is 0 Å². The van der Waals surface area contributed by atoms with Gasteiger partial charge in [0.25, 0.3) is 5.91 Å². The molecule has 7 nitrogen and oxygen atoms in total. The Hall–Kier alpha value is -2.96. The molecule has 1 aromatic heterocycles. The van der Waals surface area contributed by atoms with Gasteiger partial charge in [-0.25, -0.2) is 14.8 Å². The molecule has 7 heteroatoms. The highest BCUT2D eigenvalue weighted by Crippen LogP contribution is 2.19. The third kappa shape index (κ3) is 5.14. The van der Waals surface area contributed by atoms with E-state index in [0.717, 1.165) is 31.2 Å². The largest absolute Gasteiger partial charge is 0.349 e. The highest BCUT2D eigenvalue weighted by Gasteiger charge is 2.26. The van der Waals surface area contributed by atoms with Crippen molar-refractivity contribution in [3.63, 3.8) is 0 Å². The molecular weight excluding hydrogens is 378 g/mol. The van der Waals surface area contributed by atoms with E-state index in [2.05, 4.69) is 20.6 Å². The summed E-state index contributed by atoms with van der Waals surface area (Å²) in [6.07, 6.45) is 10.5. The summed E-state index contributed by atoms with van der Waals surface area (Å²) in [5.74, 6) is 0.434. The van der Waals surface area contributed by atoms with Crippen molar-refractivity contribution in [2.45, 2.75) is 57.0 Å². The lowest BCUT2D eigenvalue weighted by molar-refractivity contribution is 0.0916. The van der Waals surface area contributed by atoms with E-state index >= 15 is 0 Å². The fraction of sp³-hybridized carbons (Fsp3) is 0.478. The summed E-state index contributed by atoms with van der Waals surface area (Å²) in [4.78, 5) is 35.5. The van der Waals surface area contributed by atoms with Gasteiger partial charge < -0.3 is 15.5 Å². The lowest BCUT2D eigenvalue weighted by Gasteiger charge is -2.34. The van der Waals surface area contributed by atoms with E-state index in [1.165, 1.54) is 19.3 Å². The van der Waals surface area contributed by atoms with Gasteiger partial charge in [0, 0.05) is 43.1 Å². The number of carbonyl (C=O) groups is 2. The molecule has 0 radical (unpaired) electrons. The fourth-order valence-corrected chi connectivity index (χ4v) is 4.19. The van der Waals surface area contributed by atoms with Crippen molar-refractivity contribution in [2.75, 3.05) is 13.1 Å². The molecule has 3 amide bonds. The van der Waals surface area contributed by atoms with Crippen LogP contribution in [0.15, 0.2) is 42.7 Å². The predicted octanol–water partition coefficient (Wildman–Crippen LogP) is 3.38. The number of benzene rings is 1. The SMILES string of the molecule is O=C(NC1CCN(C(=O)NC2CCCCC2)CC1)c1cnc(-c2ccccc2)nc1. The molecular formula is C23H29N5O2. The molecule has 2 heterocycles. The van der Waals surface area contributed by atoms with Crippen LogP contribution in [0.2, 0.25) is 0 Å². The van der Waals surface area contributed by atoms with Gasteiger partial charge in [-0.15, -0.1) is 0 Å². The van der Waals surface area contributed by atoms with Gasteiger partial charge in [-0.3, -0.25) is 4.79 Å². The topological polar surface area (TPSA) is 87.2 Å². The second-order valence-electron chi connectivity index (χ2n) is 8.18. The maximum atomic E-state index is 12.6. The number of aromatic nitrogens is 2. The molecule has 1 aromatic carbocycles. The molecule has 1 saturated carbocycles. The fourth-order valence-electron chi connectivity index (χ4n) is 4.19. The van der Waals surface area contributed by atoms with E-state index in [4.69, 9.17) is 0 Å². The van der Waals surface area contributed by atoms with Gasteiger partial charge in [0.15, 0.2) is 5.82 Å². The molecule has 4 rings (SSSR count). The van der Waals surface area contributed by atoms with Crippen LogP contribution in [-0.2, 0) is 0 Å². The van der Waals surface area contributed by atoms with E-state index in [1.807, 2.05) is 35.2 Å². The molecule has 2 aromatic rings. The van der Waals surface area contributed by atoms with E-state index < -0.39 is 0 Å². The standard InChI is InChI=1S/C23H29N5O2/c29-22(18-15-24-21(25-16-18)17-7-3-1-4-8-17)26-20-11-13-28(14-12-20)23(30)27-19-9-5-2-6-10-19/h1,3-4,7-8,15-16,19-20H,2,5-6,9-14H2,(H,26,29)(H,27,30). The molecule has 1 aliphatic heterocycles. The van der Waals surface area contributed by atoms with Crippen molar-refractivity contribution in [1.82, 2.24) is 25.5 Å². The van der Waals surface area contributed by atoms with Crippen LogP contribution in [0.1, 0.15) is 55.3 Å². The second-order valence-corrected chi connectivity index (χ2v) is 8.18. The van der Waals surface area contributed by atoms with Crippen LogP contribution in [-0.4, -0.2) is 52.0 Å². The van der Waals surface area contributed by atoms with Crippen molar-refractivity contribution in [3.05, 3.63) is 48.3 Å². The average Bonchev–Trinajstić information content (AvgIpc) is 2.81. The van der Waals surface area contributed by atoms with E-state index in [9.17, 15) is 9.59 Å². The summed E-state index contributed by atoms with van der Waals surface area (Å²) in [6.45, 7) is 1.32. The third-order valence-corrected chi connectivity index (χ3v) is 6.00. The van der Waals surface area contributed by atoms with E-state index in [0.29, 0.717) is 30.5 Å². The van der Waals surface area contributed by atoms with Crippen molar-refractivity contribution < 1.29 is 9.59 Å². The molecule has 2 aliphatic rings. The molecule has 0 bridgehead atoms. The summed E-state index contributed by atoms with van der Waals surface area (Å²) in [5, 5.41) is 6.23. The number of piperidine rings is 1. The zero-order valence-electron chi connectivity index (χ0n) is 17.2. The highest BCUT2D eigenvalue weighted by molar-refractivity contribution is 5.93. The van der Waals surface area contributed by atoms with Crippen LogP contribution in [0, 0.1) is 0 Å². The van der Waals surface area contributed by atoms with E-state index in [-0.39, 0.29) is 18.0 Å². The van der Waals surface area contributed by atoms with Crippen LogP contribution in [0.5, 0.6) is 0 Å². The van der Waals surface area contributed by atoms with Crippen molar-refractivity contribution in [3.8, 4) is 11.4 Å².